The van der Waals surface area contributed by atoms with Crippen molar-refractivity contribution in [2.75, 3.05) is 6.54 Å². The fourth-order valence-electron chi connectivity index (χ4n) is 2.59. The van der Waals surface area contributed by atoms with Gasteiger partial charge >= 0.3 is 0 Å². The van der Waals surface area contributed by atoms with E-state index in [0.29, 0.717) is 17.7 Å². The van der Waals surface area contributed by atoms with E-state index in [1.807, 2.05) is 6.07 Å². The molecule has 22 heavy (non-hydrogen) atoms. The van der Waals surface area contributed by atoms with E-state index < -0.39 is 0 Å². The average molecular weight is 437 g/mol. The molecule has 6 heteroatoms. The molecular weight excluding hydrogens is 411 g/mol. The number of guanidine groups is 1. The normalized spacial score (nSPS) is 21.9. The maximum atomic E-state index is 5.79. The number of aliphatic imine (C=N–C) groups is 1. The van der Waals surface area contributed by atoms with Crippen LogP contribution in [0.25, 0.3) is 0 Å². The number of pyridine rings is 1. The summed E-state index contributed by atoms with van der Waals surface area (Å²) in [5, 5.41) is 7.38. The van der Waals surface area contributed by atoms with Gasteiger partial charge in [0.1, 0.15) is 5.15 Å². The van der Waals surface area contributed by atoms with Gasteiger partial charge in [0, 0.05) is 18.8 Å². The van der Waals surface area contributed by atoms with Crippen LogP contribution >= 0.6 is 35.6 Å². The first-order valence-corrected chi connectivity index (χ1v) is 8.20. The minimum Gasteiger partial charge on any atom is -0.357 e. The maximum absolute atomic E-state index is 5.79. The highest BCUT2D eigenvalue weighted by atomic mass is 127. The molecule has 124 valence electrons. The van der Waals surface area contributed by atoms with Crippen molar-refractivity contribution in [3.8, 4) is 0 Å². The average Bonchev–Trinajstić information content (AvgIpc) is 2.49. The van der Waals surface area contributed by atoms with Crippen LogP contribution in [-0.2, 0) is 6.54 Å². The highest BCUT2D eigenvalue weighted by Crippen LogP contribution is 2.23. The molecule has 2 rings (SSSR count). The van der Waals surface area contributed by atoms with Crippen molar-refractivity contribution in [2.45, 2.75) is 52.1 Å². The third-order valence-corrected chi connectivity index (χ3v) is 4.13. The monoisotopic (exact) mass is 436 g/mol. The van der Waals surface area contributed by atoms with E-state index in [4.69, 9.17) is 11.6 Å². The van der Waals surface area contributed by atoms with Crippen molar-refractivity contribution in [2.24, 2.45) is 10.9 Å². The number of halogens is 2. The van der Waals surface area contributed by atoms with Crippen LogP contribution in [0.5, 0.6) is 0 Å². The first kappa shape index (κ1) is 19.5. The zero-order valence-corrected chi connectivity index (χ0v) is 16.4. The Morgan fingerprint density at radius 2 is 2.05 bits per heavy atom. The Bertz CT molecular complexity index is 456. The molecule has 2 N–H and O–H groups in total. The first-order valence-electron chi connectivity index (χ1n) is 7.82. The third kappa shape index (κ3) is 6.69. The van der Waals surface area contributed by atoms with Crippen molar-refractivity contribution >= 4 is 41.5 Å². The Morgan fingerprint density at radius 1 is 1.32 bits per heavy atom. The standard InChI is InChI=1S/C16H25ClN4.HI/c1-3-18-16(21-14-7-4-12(2)5-8-14)20-11-13-6-9-15(17)19-10-13;/h6,9-10,12,14H,3-5,7-8,11H2,1-2H3,(H2,18,20,21);1H. The van der Waals surface area contributed by atoms with Gasteiger partial charge in [-0.2, -0.15) is 0 Å². The van der Waals surface area contributed by atoms with E-state index in [9.17, 15) is 0 Å². The molecule has 1 aliphatic carbocycles. The van der Waals surface area contributed by atoms with Gasteiger partial charge in [-0.3, -0.25) is 0 Å². The van der Waals surface area contributed by atoms with Gasteiger partial charge in [-0.05, 0) is 50.2 Å². The Labute approximate surface area is 155 Å². The summed E-state index contributed by atoms with van der Waals surface area (Å²) in [4.78, 5) is 8.72. The summed E-state index contributed by atoms with van der Waals surface area (Å²) in [5.74, 6) is 1.76. The largest absolute Gasteiger partial charge is 0.357 e. The van der Waals surface area contributed by atoms with E-state index >= 15 is 0 Å². The van der Waals surface area contributed by atoms with Crippen molar-refractivity contribution < 1.29 is 0 Å². The van der Waals surface area contributed by atoms with Crippen LogP contribution in [0.2, 0.25) is 5.15 Å². The summed E-state index contributed by atoms with van der Waals surface area (Å²) in [6.45, 7) is 5.91. The fraction of sp³-hybridized carbons (Fsp3) is 0.625. The smallest absolute Gasteiger partial charge is 0.191 e. The molecule has 1 saturated carbocycles. The van der Waals surface area contributed by atoms with Gasteiger partial charge in [0.15, 0.2) is 5.96 Å². The number of hydrogen-bond acceptors (Lipinski definition) is 2. The van der Waals surface area contributed by atoms with Crippen LogP contribution in [0, 0.1) is 5.92 Å². The summed E-state index contributed by atoms with van der Waals surface area (Å²) in [5.41, 5.74) is 1.06. The van der Waals surface area contributed by atoms with Crippen LogP contribution in [0.15, 0.2) is 23.3 Å². The van der Waals surface area contributed by atoms with Crippen LogP contribution in [0.4, 0.5) is 0 Å². The molecule has 0 amide bonds. The van der Waals surface area contributed by atoms with Gasteiger partial charge in [-0.15, -0.1) is 24.0 Å². The molecule has 0 spiro atoms. The number of aromatic nitrogens is 1. The molecule has 0 aromatic carbocycles. The second kappa shape index (κ2) is 10.3. The lowest BCUT2D eigenvalue weighted by Gasteiger charge is -2.28. The zero-order chi connectivity index (χ0) is 15.1. The van der Waals surface area contributed by atoms with E-state index in [0.717, 1.165) is 24.0 Å². The van der Waals surface area contributed by atoms with Crippen LogP contribution in [0.1, 0.15) is 45.1 Å². The lowest BCUT2D eigenvalue weighted by atomic mass is 9.87. The Kier molecular flexibility index (Phi) is 9.09. The minimum atomic E-state index is 0. The van der Waals surface area contributed by atoms with Crippen molar-refractivity contribution in [1.82, 2.24) is 15.6 Å². The van der Waals surface area contributed by atoms with Gasteiger partial charge in [-0.1, -0.05) is 24.6 Å². The Hall–Kier alpha value is -0.560. The molecule has 0 saturated heterocycles. The second-order valence-corrected chi connectivity index (χ2v) is 6.17. The van der Waals surface area contributed by atoms with E-state index in [-0.39, 0.29) is 24.0 Å². The predicted octanol–water partition coefficient (Wildman–Crippen LogP) is 3.99. The highest BCUT2D eigenvalue weighted by molar-refractivity contribution is 14.0. The molecule has 1 aliphatic rings. The van der Waals surface area contributed by atoms with Crippen LogP contribution in [-0.4, -0.2) is 23.5 Å². The minimum absolute atomic E-state index is 0. The quantitative estimate of drug-likeness (QED) is 0.325. The molecule has 0 aliphatic heterocycles. The predicted molar refractivity (Wildman–Crippen MR) is 104 cm³/mol. The molecule has 0 radical (unpaired) electrons. The zero-order valence-electron chi connectivity index (χ0n) is 13.3. The molecule has 1 fully saturated rings. The van der Waals surface area contributed by atoms with Gasteiger partial charge in [0.25, 0.3) is 0 Å². The SMILES string of the molecule is CCNC(=NCc1ccc(Cl)nc1)NC1CCC(C)CC1.I. The van der Waals surface area contributed by atoms with Gasteiger partial charge in [-0.25, -0.2) is 9.98 Å². The van der Waals surface area contributed by atoms with Gasteiger partial charge < -0.3 is 10.6 Å². The lowest BCUT2D eigenvalue weighted by molar-refractivity contribution is 0.329. The van der Waals surface area contributed by atoms with Gasteiger partial charge in [0.2, 0.25) is 0 Å². The number of nitrogens with zero attached hydrogens (tertiary/aromatic N) is 2. The van der Waals surface area contributed by atoms with Gasteiger partial charge in [0.05, 0.1) is 6.54 Å². The number of nitrogens with one attached hydrogen (secondary N) is 2. The lowest BCUT2D eigenvalue weighted by Crippen LogP contribution is -2.44. The summed E-state index contributed by atoms with van der Waals surface area (Å²) >= 11 is 5.79. The van der Waals surface area contributed by atoms with Crippen molar-refractivity contribution in [1.29, 1.82) is 0 Å². The highest BCUT2D eigenvalue weighted by Gasteiger charge is 2.18. The summed E-state index contributed by atoms with van der Waals surface area (Å²) < 4.78 is 0. The van der Waals surface area contributed by atoms with E-state index in [1.165, 1.54) is 25.7 Å². The molecule has 0 bridgehead atoms. The molecular formula is C16H26ClIN4. The first-order chi connectivity index (χ1) is 10.2. The van der Waals surface area contributed by atoms with Crippen LogP contribution in [0.3, 0.4) is 0 Å². The fourth-order valence-corrected chi connectivity index (χ4v) is 2.70. The van der Waals surface area contributed by atoms with Crippen LogP contribution < -0.4 is 10.6 Å². The Balaban J connectivity index is 0.00000242. The Morgan fingerprint density at radius 3 is 2.64 bits per heavy atom. The molecule has 1 heterocycles. The van der Waals surface area contributed by atoms with E-state index in [1.54, 1.807) is 12.3 Å². The second-order valence-electron chi connectivity index (χ2n) is 5.79. The molecule has 1 aromatic heterocycles. The molecule has 0 atom stereocenters. The van der Waals surface area contributed by atoms with Crippen molar-refractivity contribution in [3.63, 3.8) is 0 Å². The maximum Gasteiger partial charge on any atom is 0.191 e. The summed E-state index contributed by atoms with van der Waals surface area (Å²) in [6, 6.07) is 4.31. The molecule has 0 unspecified atom stereocenters. The number of hydrogen-bond donors (Lipinski definition) is 2. The summed E-state index contributed by atoms with van der Waals surface area (Å²) in [7, 11) is 0. The topological polar surface area (TPSA) is 49.3 Å². The number of rotatable bonds is 4. The van der Waals surface area contributed by atoms with Crippen molar-refractivity contribution in [3.05, 3.63) is 29.0 Å². The van der Waals surface area contributed by atoms with E-state index in [2.05, 4.69) is 34.5 Å². The summed E-state index contributed by atoms with van der Waals surface area (Å²) in [6.07, 6.45) is 6.84. The molecule has 1 aromatic rings. The molecule has 4 nitrogen and oxygen atoms in total. The third-order valence-electron chi connectivity index (χ3n) is 3.91.